The lowest BCUT2D eigenvalue weighted by atomic mass is 10.1. The molecule has 58 valence electrons. The van der Waals surface area contributed by atoms with Gasteiger partial charge in [0.1, 0.15) is 0 Å². The number of nitrogens with two attached hydrogens (primary N) is 1. The molecule has 1 fully saturated rings. The van der Waals surface area contributed by atoms with Crippen LogP contribution in [0.15, 0.2) is 0 Å². The number of hydrogen-bond donors (Lipinski definition) is 2. The minimum absolute atomic E-state index is 0.674. The molecule has 0 bridgehead atoms. The number of carbonyl (C=O) groups excluding carboxylic acids is 1. The normalized spacial score (nSPS) is 25.0. The first-order valence-corrected chi connectivity index (χ1v) is 3.32. The molecule has 1 unspecified atom stereocenters. The van der Waals surface area contributed by atoms with Crippen LogP contribution in [0.3, 0.4) is 0 Å². The van der Waals surface area contributed by atoms with Crippen LogP contribution in [0.25, 0.3) is 0 Å². The third kappa shape index (κ3) is 0.998. The van der Waals surface area contributed by atoms with Crippen molar-refractivity contribution in [1.29, 1.82) is 0 Å². The van der Waals surface area contributed by atoms with E-state index in [1.54, 1.807) is 4.90 Å². The Morgan fingerprint density at radius 3 is 2.30 bits per heavy atom. The van der Waals surface area contributed by atoms with Gasteiger partial charge < -0.3 is 10.8 Å². The smallest absolute Gasteiger partial charge is 0.264 e. The Morgan fingerprint density at radius 2 is 2.20 bits per heavy atom. The summed E-state index contributed by atoms with van der Waals surface area (Å²) in [6.07, 6.45) is 1.03. The zero-order chi connectivity index (χ0) is 7.78. The predicted molar refractivity (Wildman–Crippen MR) is 36.0 cm³/mol. The zero-order valence-corrected chi connectivity index (χ0v) is 6.00. The summed E-state index contributed by atoms with van der Waals surface area (Å²) in [5.74, 6) is -0.674. The average molecular weight is 144 g/mol. The average Bonchev–Trinajstić information content (AvgIpc) is 1.57. The molecule has 0 aliphatic carbocycles. The van der Waals surface area contributed by atoms with Crippen LogP contribution in [0.5, 0.6) is 0 Å². The lowest BCUT2D eigenvalue weighted by molar-refractivity contribution is -0.164. The third-order valence-electron chi connectivity index (χ3n) is 1.94. The van der Waals surface area contributed by atoms with Crippen LogP contribution in [0.2, 0.25) is 0 Å². The topological polar surface area (TPSA) is 66.6 Å². The van der Waals surface area contributed by atoms with Crippen molar-refractivity contribution in [3.05, 3.63) is 0 Å². The van der Waals surface area contributed by atoms with E-state index in [4.69, 9.17) is 5.73 Å². The fraction of sp³-hybridized carbons (Fsp3) is 0.833. The minimum atomic E-state index is -1.43. The molecular weight excluding hydrogens is 132 g/mol. The Labute approximate surface area is 59.6 Å². The molecule has 0 saturated carbocycles. The lowest BCUT2D eigenvalue weighted by Gasteiger charge is -2.40. The van der Waals surface area contributed by atoms with Crippen molar-refractivity contribution in [3.63, 3.8) is 0 Å². The number of hydrogen-bond acceptors (Lipinski definition) is 3. The zero-order valence-electron chi connectivity index (χ0n) is 6.00. The van der Waals surface area contributed by atoms with Crippen LogP contribution in [-0.2, 0) is 4.79 Å². The van der Waals surface area contributed by atoms with Gasteiger partial charge in [0.05, 0.1) is 0 Å². The number of nitrogens with zero attached hydrogens (tertiary/aromatic N) is 1. The van der Waals surface area contributed by atoms with E-state index in [2.05, 4.69) is 0 Å². The van der Waals surface area contributed by atoms with Crippen LogP contribution >= 0.6 is 0 Å². The van der Waals surface area contributed by atoms with Crippen LogP contribution in [0.4, 0.5) is 0 Å². The van der Waals surface area contributed by atoms with E-state index in [9.17, 15) is 9.90 Å². The van der Waals surface area contributed by atoms with Crippen molar-refractivity contribution in [2.45, 2.75) is 19.1 Å². The summed E-state index contributed by atoms with van der Waals surface area (Å²) in [6.45, 7) is 2.94. The Morgan fingerprint density at radius 1 is 1.70 bits per heavy atom. The number of aliphatic hydroxyl groups is 1. The van der Waals surface area contributed by atoms with Crippen molar-refractivity contribution in [2.24, 2.45) is 5.73 Å². The van der Waals surface area contributed by atoms with Gasteiger partial charge in [-0.15, -0.1) is 0 Å². The minimum Gasteiger partial charge on any atom is -0.367 e. The summed E-state index contributed by atoms with van der Waals surface area (Å²) in [5, 5.41) is 9.36. The van der Waals surface area contributed by atoms with E-state index in [1.807, 2.05) is 0 Å². The molecule has 0 aromatic carbocycles. The molecule has 3 N–H and O–H groups in total. The van der Waals surface area contributed by atoms with Gasteiger partial charge in [-0.25, -0.2) is 0 Å². The molecule has 1 rings (SSSR count). The molecule has 1 saturated heterocycles. The first kappa shape index (κ1) is 7.50. The standard InChI is InChI=1S/C6H12N2O2/c1-6(10,5(7)9)8-3-2-4-8/h10H,2-4H2,1H3,(H2,7,9). The number of rotatable bonds is 2. The Hall–Kier alpha value is -0.610. The molecule has 1 aliphatic rings. The van der Waals surface area contributed by atoms with Gasteiger partial charge in [-0.2, -0.15) is 0 Å². The predicted octanol–water partition coefficient (Wildman–Crippen LogP) is -1.11. The van der Waals surface area contributed by atoms with Crippen LogP contribution < -0.4 is 5.73 Å². The molecule has 4 nitrogen and oxygen atoms in total. The highest BCUT2D eigenvalue weighted by Crippen LogP contribution is 2.18. The van der Waals surface area contributed by atoms with E-state index in [0.717, 1.165) is 19.5 Å². The number of carbonyl (C=O) groups is 1. The number of primary amides is 1. The summed E-state index contributed by atoms with van der Waals surface area (Å²) < 4.78 is 0. The number of amides is 1. The highest BCUT2D eigenvalue weighted by Gasteiger charge is 2.38. The monoisotopic (exact) mass is 144 g/mol. The molecular formula is C6H12N2O2. The first-order chi connectivity index (χ1) is 4.55. The van der Waals surface area contributed by atoms with Gasteiger partial charge >= 0.3 is 0 Å². The second-order valence-electron chi connectivity index (χ2n) is 2.73. The fourth-order valence-electron chi connectivity index (χ4n) is 0.907. The Balaban J connectivity index is 2.57. The van der Waals surface area contributed by atoms with Gasteiger partial charge in [-0.1, -0.05) is 0 Å². The maximum atomic E-state index is 10.6. The number of likely N-dealkylation sites (tertiary alicyclic amines) is 1. The molecule has 1 atom stereocenters. The Kier molecular flexibility index (Phi) is 1.66. The molecule has 0 aromatic heterocycles. The molecule has 1 heterocycles. The van der Waals surface area contributed by atoms with E-state index in [-0.39, 0.29) is 0 Å². The molecule has 4 heteroatoms. The van der Waals surface area contributed by atoms with E-state index in [0.29, 0.717) is 0 Å². The van der Waals surface area contributed by atoms with Gasteiger partial charge in [0.25, 0.3) is 5.91 Å². The molecule has 0 spiro atoms. The molecule has 0 aromatic rings. The maximum Gasteiger partial charge on any atom is 0.264 e. The van der Waals surface area contributed by atoms with Gasteiger partial charge in [0.15, 0.2) is 5.72 Å². The first-order valence-electron chi connectivity index (χ1n) is 3.32. The van der Waals surface area contributed by atoms with Gasteiger partial charge in [0, 0.05) is 13.1 Å². The summed E-state index contributed by atoms with van der Waals surface area (Å²) in [4.78, 5) is 12.2. The van der Waals surface area contributed by atoms with E-state index >= 15 is 0 Å². The van der Waals surface area contributed by atoms with Gasteiger partial charge in [-0.3, -0.25) is 9.69 Å². The van der Waals surface area contributed by atoms with Crippen molar-refractivity contribution in [2.75, 3.05) is 13.1 Å². The van der Waals surface area contributed by atoms with Crippen molar-refractivity contribution < 1.29 is 9.90 Å². The SMILES string of the molecule is CC(O)(C(N)=O)N1CCC1. The fourth-order valence-corrected chi connectivity index (χ4v) is 0.907. The Bertz CT molecular complexity index is 152. The second kappa shape index (κ2) is 2.21. The van der Waals surface area contributed by atoms with E-state index in [1.165, 1.54) is 6.92 Å². The lowest BCUT2D eigenvalue weighted by Crippen LogP contribution is -2.60. The van der Waals surface area contributed by atoms with Crippen molar-refractivity contribution in [1.82, 2.24) is 4.90 Å². The summed E-state index contributed by atoms with van der Waals surface area (Å²) in [7, 11) is 0. The second-order valence-corrected chi connectivity index (χ2v) is 2.73. The van der Waals surface area contributed by atoms with Crippen LogP contribution in [0, 0.1) is 0 Å². The summed E-state index contributed by atoms with van der Waals surface area (Å²) in [5.41, 5.74) is 3.52. The molecule has 1 amide bonds. The maximum absolute atomic E-state index is 10.6. The van der Waals surface area contributed by atoms with Crippen molar-refractivity contribution in [3.8, 4) is 0 Å². The highest BCUT2D eigenvalue weighted by atomic mass is 16.3. The van der Waals surface area contributed by atoms with Gasteiger partial charge in [-0.05, 0) is 13.3 Å². The van der Waals surface area contributed by atoms with Crippen LogP contribution in [0.1, 0.15) is 13.3 Å². The van der Waals surface area contributed by atoms with E-state index < -0.39 is 11.6 Å². The third-order valence-corrected chi connectivity index (χ3v) is 1.94. The highest BCUT2D eigenvalue weighted by molar-refractivity contribution is 5.82. The summed E-state index contributed by atoms with van der Waals surface area (Å²) >= 11 is 0. The van der Waals surface area contributed by atoms with Crippen LogP contribution in [-0.4, -0.2) is 34.7 Å². The molecule has 1 aliphatic heterocycles. The quantitative estimate of drug-likeness (QED) is 0.516. The molecule has 10 heavy (non-hydrogen) atoms. The van der Waals surface area contributed by atoms with Gasteiger partial charge in [0.2, 0.25) is 0 Å². The largest absolute Gasteiger partial charge is 0.367 e. The summed E-state index contributed by atoms with van der Waals surface area (Å²) in [6, 6.07) is 0. The van der Waals surface area contributed by atoms with Crippen molar-refractivity contribution >= 4 is 5.91 Å². The molecule has 0 radical (unpaired) electrons.